The van der Waals surface area contributed by atoms with E-state index < -0.39 is 0 Å². The van der Waals surface area contributed by atoms with Crippen LogP contribution in [-0.2, 0) is 0 Å². The Balaban J connectivity index is 1.39. The number of dihydropyridines is 1. The lowest BCUT2D eigenvalue weighted by Gasteiger charge is -2.13. The number of para-hydroxylation sites is 1. The molecule has 0 spiro atoms. The summed E-state index contributed by atoms with van der Waals surface area (Å²) in [6, 6.07) is 40.1. The summed E-state index contributed by atoms with van der Waals surface area (Å²) in [5.74, 6) is 0. The molecule has 1 aliphatic rings. The highest BCUT2D eigenvalue weighted by Gasteiger charge is 2.15. The first-order valence-corrected chi connectivity index (χ1v) is 12.8. The van der Waals surface area contributed by atoms with E-state index in [9.17, 15) is 0 Å². The summed E-state index contributed by atoms with van der Waals surface area (Å²) in [4.78, 5) is 0. The molecule has 0 radical (unpaired) electrons. The number of rotatable bonds is 2. The molecule has 2 nitrogen and oxygen atoms in total. The fourth-order valence-corrected chi connectivity index (χ4v) is 6.13. The highest BCUT2D eigenvalue weighted by Crippen LogP contribution is 2.39. The van der Waals surface area contributed by atoms with Gasteiger partial charge in [0.25, 0.3) is 0 Å². The number of allylic oxidation sites excluding steroid dienone is 2. The van der Waals surface area contributed by atoms with Crippen molar-refractivity contribution in [3.63, 3.8) is 0 Å². The van der Waals surface area contributed by atoms with Crippen molar-refractivity contribution in [2.45, 2.75) is 0 Å². The Hall–Kier alpha value is -4.82. The molecular formula is C35H24N2. The van der Waals surface area contributed by atoms with E-state index in [0.29, 0.717) is 0 Å². The molecule has 8 rings (SSSR count). The number of nitrogens with zero attached hydrogens (tertiary/aromatic N) is 1. The van der Waals surface area contributed by atoms with Crippen LogP contribution in [0.25, 0.3) is 70.9 Å². The van der Waals surface area contributed by atoms with Crippen molar-refractivity contribution in [3.05, 3.63) is 128 Å². The smallest absolute Gasteiger partial charge is 0.0541 e. The van der Waals surface area contributed by atoms with Crippen LogP contribution in [0.3, 0.4) is 0 Å². The second-order valence-electron chi connectivity index (χ2n) is 9.81. The summed E-state index contributed by atoms with van der Waals surface area (Å²) in [5, 5.41) is 13.7. The van der Waals surface area contributed by atoms with Crippen LogP contribution in [0.2, 0.25) is 0 Å². The van der Waals surface area contributed by atoms with E-state index in [0.717, 1.165) is 6.54 Å². The molecule has 6 aromatic carbocycles. The van der Waals surface area contributed by atoms with Crippen molar-refractivity contribution >= 4 is 59.8 Å². The lowest BCUT2D eigenvalue weighted by molar-refractivity contribution is 0.962. The average Bonchev–Trinajstić information content (AvgIpc) is 3.31. The highest BCUT2D eigenvalue weighted by molar-refractivity contribution is 6.25. The molecule has 37 heavy (non-hydrogen) atoms. The first kappa shape index (κ1) is 20.4. The van der Waals surface area contributed by atoms with Gasteiger partial charge in [0.15, 0.2) is 0 Å². The molecule has 0 bridgehead atoms. The number of benzene rings is 6. The summed E-state index contributed by atoms with van der Waals surface area (Å²) in [6.45, 7) is 0.845. The minimum atomic E-state index is 0.845. The third-order valence-corrected chi connectivity index (χ3v) is 7.81. The van der Waals surface area contributed by atoms with Crippen molar-refractivity contribution in [2.75, 3.05) is 6.54 Å². The van der Waals surface area contributed by atoms with Gasteiger partial charge in [0.05, 0.1) is 11.0 Å². The summed E-state index contributed by atoms with van der Waals surface area (Å²) >= 11 is 0. The Morgan fingerprint density at radius 1 is 0.486 bits per heavy atom. The van der Waals surface area contributed by atoms with E-state index in [4.69, 9.17) is 0 Å². The third kappa shape index (κ3) is 2.99. The molecule has 0 atom stereocenters. The van der Waals surface area contributed by atoms with Gasteiger partial charge in [-0.3, -0.25) is 0 Å². The van der Waals surface area contributed by atoms with E-state index in [2.05, 4.69) is 131 Å². The van der Waals surface area contributed by atoms with Gasteiger partial charge in [0.2, 0.25) is 0 Å². The molecule has 0 amide bonds. The van der Waals surface area contributed by atoms with Crippen LogP contribution in [0.4, 0.5) is 0 Å². The predicted molar refractivity (Wildman–Crippen MR) is 159 cm³/mol. The van der Waals surface area contributed by atoms with Gasteiger partial charge in [-0.25, -0.2) is 0 Å². The second-order valence-corrected chi connectivity index (χ2v) is 9.81. The summed E-state index contributed by atoms with van der Waals surface area (Å²) in [6.07, 6.45) is 6.44. The number of fused-ring (bicyclic) bond motifs is 9. The average molecular weight is 473 g/mol. The van der Waals surface area contributed by atoms with Gasteiger partial charge in [-0.05, 0) is 86.1 Å². The van der Waals surface area contributed by atoms with Crippen molar-refractivity contribution in [2.24, 2.45) is 0 Å². The molecule has 174 valence electrons. The van der Waals surface area contributed by atoms with Gasteiger partial charge in [-0.15, -0.1) is 0 Å². The van der Waals surface area contributed by atoms with Crippen molar-refractivity contribution in [3.8, 4) is 11.1 Å². The predicted octanol–water partition coefficient (Wildman–Crippen LogP) is 8.88. The van der Waals surface area contributed by atoms with E-state index in [-0.39, 0.29) is 0 Å². The van der Waals surface area contributed by atoms with Crippen molar-refractivity contribution in [1.29, 1.82) is 0 Å². The van der Waals surface area contributed by atoms with Gasteiger partial charge >= 0.3 is 0 Å². The first-order valence-electron chi connectivity index (χ1n) is 12.8. The minimum absolute atomic E-state index is 0.845. The quantitative estimate of drug-likeness (QED) is 0.249. The normalized spacial score (nSPS) is 13.6. The van der Waals surface area contributed by atoms with E-state index in [1.54, 1.807) is 0 Å². The summed E-state index contributed by atoms with van der Waals surface area (Å²) < 4.78 is 2.38. The lowest BCUT2D eigenvalue weighted by atomic mass is 9.92. The molecule has 0 unspecified atom stereocenters. The fourth-order valence-electron chi connectivity index (χ4n) is 6.13. The zero-order valence-electron chi connectivity index (χ0n) is 20.3. The molecule has 7 aromatic rings. The molecule has 0 fully saturated rings. The number of hydrogen-bond acceptors (Lipinski definition) is 1. The van der Waals surface area contributed by atoms with E-state index in [1.807, 2.05) is 6.20 Å². The largest absolute Gasteiger partial charge is 0.387 e. The number of hydrogen-bond donors (Lipinski definition) is 1. The Bertz CT molecular complexity index is 2050. The molecular weight excluding hydrogens is 448 g/mol. The third-order valence-electron chi connectivity index (χ3n) is 7.81. The molecule has 2 heteroatoms. The molecule has 1 aliphatic heterocycles. The van der Waals surface area contributed by atoms with Gasteiger partial charge in [-0.1, -0.05) is 84.9 Å². The Kier molecular flexibility index (Phi) is 4.32. The second kappa shape index (κ2) is 7.84. The van der Waals surface area contributed by atoms with Crippen LogP contribution < -0.4 is 5.32 Å². The van der Waals surface area contributed by atoms with Gasteiger partial charge in [-0.2, -0.15) is 0 Å². The molecule has 0 saturated carbocycles. The van der Waals surface area contributed by atoms with Gasteiger partial charge in [0, 0.05) is 23.0 Å². The van der Waals surface area contributed by atoms with E-state index in [1.165, 1.54) is 70.9 Å². The maximum atomic E-state index is 3.27. The van der Waals surface area contributed by atoms with Crippen molar-refractivity contribution in [1.82, 2.24) is 9.88 Å². The summed E-state index contributed by atoms with van der Waals surface area (Å²) in [5.41, 5.74) is 6.17. The Morgan fingerprint density at radius 2 is 1.03 bits per heavy atom. The van der Waals surface area contributed by atoms with Gasteiger partial charge in [0.1, 0.15) is 0 Å². The monoisotopic (exact) mass is 472 g/mol. The summed E-state index contributed by atoms with van der Waals surface area (Å²) in [7, 11) is 0. The number of nitrogens with one attached hydrogen (secondary N) is 1. The lowest BCUT2D eigenvalue weighted by Crippen LogP contribution is -2.10. The molecule has 0 saturated heterocycles. The van der Waals surface area contributed by atoms with Crippen LogP contribution in [0.5, 0.6) is 0 Å². The van der Waals surface area contributed by atoms with Crippen LogP contribution in [-0.4, -0.2) is 11.1 Å². The molecule has 2 heterocycles. The molecule has 0 aliphatic carbocycles. The topological polar surface area (TPSA) is 17.0 Å². The van der Waals surface area contributed by atoms with Crippen LogP contribution in [0, 0.1) is 0 Å². The van der Waals surface area contributed by atoms with Gasteiger partial charge < -0.3 is 9.88 Å². The highest BCUT2D eigenvalue weighted by atomic mass is 15.0. The fraction of sp³-hybridized carbons (Fsp3) is 0.0286. The van der Waals surface area contributed by atoms with Crippen LogP contribution >= 0.6 is 0 Å². The number of aromatic nitrogens is 1. The molecule has 1 aromatic heterocycles. The molecule has 1 N–H and O–H groups in total. The van der Waals surface area contributed by atoms with Crippen LogP contribution in [0.1, 0.15) is 0 Å². The van der Waals surface area contributed by atoms with Crippen molar-refractivity contribution < 1.29 is 0 Å². The maximum absolute atomic E-state index is 3.27. The SMILES string of the molecule is C1=CC(n2c3ccccc3c3cc(-c4ccc5c6ccccc6c6ccccc6c5c4)ccc32)=CCN1. The minimum Gasteiger partial charge on any atom is -0.387 e. The zero-order valence-corrected chi connectivity index (χ0v) is 20.3. The first-order chi connectivity index (χ1) is 18.4. The Labute approximate surface area is 214 Å². The Morgan fingerprint density at radius 3 is 1.70 bits per heavy atom. The zero-order chi connectivity index (χ0) is 24.3. The standard InChI is InChI=1S/C35H24N2/c1-2-9-28-26(7-1)27-8-3-4-10-29(27)32-21-23(13-15-30(28)32)24-14-16-35-33(22-24)31-11-5-6-12-34(31)37(35)25-17-19-36-20-18-25/h1-19,21-22,36H,20H2. The maximum Gasteiger partial charge on any atom is 0.0541 e. The van der Waals surface area contributed by atoms with Crippen LogP contribution in [0.15, 0.2) is 128 Å². The van der Waals surface area contributed by atoms with E-state index >= 15 is 0 Å².